The Morgan fingerprint density at radius 3 is 1.79 bits per heavy atom. The number of anilines is 3. The fraction of sp³-hybridized carbons (Fsp3) is 0.318. The van der Waals surface area contributed by atoms with Gasteiger partial charge in [-0.1, -0.05) is 32.9 Å². The Bertz CT molecular complexity index is 850. The SMILES string of the molecule is CC(=O)Nc1ccc(N(CC(=O)Nc2ccc(C(C)(C)C)cc2)C(C)=O)cc1. The summed E-state index contributed by atoms with van der Waals surface area (Å²) in [6.07, 6.45) is 0. The number of hydrogen-bond acceptors (Lipinski definition) is 3. The number of nitrogens with one attached hydrogen (secondary N) is 2. The molecule has 2 rings (SSSR count). The van der Waals surface area contributed by atoms with Crippen molar-refractivity contribution in [2.75, 3.05) is 22.1 Å². The van der Waals surface area contributed by atoms with Crippen LogP contribution >= 0.6 is 0 Å². The van der Waals surface area contributed by atoms with E-state index >= 15 is 0 Å². The van der Waals surface area contributed by atoms with E-state index in [1.54, 1.807) is 24.3 Å². The van der Waals surface area contributed by atoms with Crippen LogP contribution in [-0.2, 0) is 19.8 Å². The van der Waals surface area contributed by atoms with Gasteiger partial charge in [0.25, 0.3) is 0 Å². The van der Waals surface area contributed by atoms with E-state index in [0.29, 0.717) is 17.1 Å². The summed E-state index contributed by atoms with van der Waals surface area (Å²) in [5.41, 5.74) is 3.11. The van der Waals surface area contributed by atoms with Gasteiger partial charge in [0.05, 0.1) is 0 Å². The molecule has 0 saturated carbocycles. The molecular weight excluding hydrogens is 354 g/mol. The summed E-state index contributed by atoms with van der Waals surface area (Å²) in [5.74, 6) is -0.705. The van der Waals surface area contributed by atoms with Gasteiger partial charge < -0.3 is 15.5 Å². The molecule has 0 heterocycles. The number of benzene rings is 2. The molecule has 28 heavy (non-hydrogen) atoms. The van der Waals surface area contributed by atoms with E-state index in [-0.39, 0.29) is 29.7 Å². The fourth-order valence-electron chi connectivity index (χ4n) is 2.71. The molecular formula is C22H27N3O3. The van der Waals surface area contributed by atoms with Crippen LogP contribution in [0.5, 0.6) is 0 Å². The van der Waals surface area contributed by atoms with Gasteiger partial charge in [-0.2, -0.15) is 0 Å². The highest BCUT2D eigenvalue weighted by Gasteiger charge is 2.17. The van der Waals surface area contributed by atoms with E-state index in [9.17, 15) is 14.4 Å². The Morgan fingerprint density at radius 2 is 1.32 bits per heavy atom. The average molecular weight is 381 g/mol. The highest BCUT2D eigenvalue weighted by atomic mass is 16.2. The molecule has 2 aromatic carbocycles. The minimum Gasteiger partial charge on any atom is -0.326 e. The molecule has 0 aliphatic rings. The number of carbonyl (C=O) groups excluding carboxylic acids is 3. The lowest BCUT2D eigenvalue weighted by Gasteiger charge is -2.22. The molecule has 2 aromatic rings. The molecule has 0 bridgehead atoms. The number of nitrogens with zero attached hydrogens (tertiary/aromatic N) is 1. The summed E-state index contributed by atoms with van der Waals surface area (Å²) in [6.45, 7) is 9.12. The molecule has 6 nitrogen and oxygen atoms in total. The summed E-state index contributed by atoms with van der Waals surface area (Å²) < 4.78 is 0. The highest BCUT2D eigenvalue weighted by molar-refractivity contribution is 6.02. The highest BCUT2D eigenvalue weighted by Crippen LogP contribution is 2.23. The topological polar surface area (TPSA) is 78.5 Å². The van der Waals surface area contributed by atoms with Gasteiger partial charge in [0.15, 0.2) is 0 Å². The molecule has 6 heteroatoms. The van der Waals surface area contributed by atoms with Crippen LogP contribution in [0.15, 0.2) is 48.5 Å². The number of carbonyl (C=O) groups is 3. The third-order valence-corrected chi connectivity index (χ3v) is 4.22. The van der Waals surface area contributed by atoms with Crippen LogP contribution in [0.4, 0.5) is 17.1 Å². The van der Waals surface area contributed by atoms with Crippen molar-refractivity contribution < 1.29 is 14.4 Å². The van der Waals surface area contributed by atoms with Crippen LogP contribution < -0.4 is 15.5 Å². The molecule has 3 amide bonds. The smallest absolute Gasteiger partial charge is 0.244 e. The van der Waals surface area contributed by atoms with Gasteiger partial charge in [0.1, 0.15) is 6.54 Å². The molecule has 0 unspecified atom stereocenters. The Morgan fingerprint density at radius 1 is 0.821 bits per heavy atom. The second-order valence-corrected chi connectivity index (χ2v) is 7.71. The van der Waals surface area contributed by atoms with Crippen LogP contribution in [0.3, 0.4) is 0 Å². The van der Waals surface area contributed by atoms with Gasteiger partial charge in [0.2, 0.25) is 17.7 Å². The maximum atomic E-state index is 12.4. The van der Waals surface area contributed by atoms with Gasteiger partial charge in [-0.15, -0.1) is 0 Å². The summed E-state index contributed by atoms with van der Waals surface area (Å²) in [6, 6.07) is 14.5. The lowest BCUT2D eigenvalue weighted by molar-refractivity contribution is -0.120. The van der Waals surface area contributed by atoms with E-state index in [1.165, 1.54) is 24.3 Å². The first-order valence-electron chi connectivity index (χ1n) is 9.12. The normalized spacial score (nSPS) is 10.9. The average Bonchev–Trinajstić information content (AvgIpc) is 2.59. The number of rotatable bonds is 5. The van der Waals surface area contributed by atoms with Gasteiger partial charge in [0, 0.05) is 30.9 Å². The summed E-state index contributed by atoms with van der Waals surface area (Å²) in [4.78, 5) is 37.0. The summed E-state index contributed by atoms with van der Waals surface area (Å²) in [7, 11) is 0. The van der Waals surface area contributed by atoms with Crippen molar-refractivity contribution in [1.82, 2.24) is 0 Å². The first-order chi connectivity index (χ1) is 13.1. The lowest BCUT2D eigenvalue weighted by atomic mass is 9.87. The summed E-state index contributed by atoms with van der Waals surface area (Å²) >= 11 is 0. The van der Waals surface area contributed by atoms with Crippen LogP contribution in [0, 0.1) is 0 Å². The molecule has 0 saturated heterocycles. The lowest BCUT2D eigenvalue weighted by Crippen LogP contribution is -2.36. The maximum absolute atomic E-state index is 12.4. The standard InChI is InChI=1S/C22H27N3O3/c1-15(26)23-18-10-12-20(13-11-18)25(16(2)27)14-21(28)24-19-8-6-17(7-9-19)22(3,4)5/h6-13H,14H2,1-5H3,(H,23,26)(H,24,28). The molecule has 0 radical (unpaired) electrons. The molecule has 0 fully saturated rings. The van der Waals surface area contributed by atoms with Crippen molar-refractivity contribution in [1.29, 1.82) is 0 Å². The predicted molar refractivity (Wildman–Crippen MR) is 113 cm³/mol. The van der Waals surface area contributed by atoms with E-state index < -0.39 is 0 Å². The molecule has 148 valence electrons. The van der Waals surface area contributed by atoms with E-state index in [2.05, 4.69) is 31.4 Å². The first-order valence-corrected chi connectivity index (χ1v) is 9.12. The van der Waals surface area contributed by atoms with Crippen molar-refractivity contribution in [2.45, 2.75) is 40.0 Å². The molecule has 0 aromatic heterocycles. The minimum absolute atomic E-state index is 0.0391. The Balaban J connectivity index is 2.06. The second-order valence-electron chi connectivity index (χ2n) is 7.71. The zero-order chi connectivity index (χ0) is 20.9. The Kier molecular flexibility index (Phi) is 6.57. The zero-order valence-corrected chi connectivity index (χ0v) is 17.0. The van der Waals surface area contributed by atoms with Crippen LogP contribution in [0.1, 0.15) is 40.2 Å². The van der Waals surface area contributed by atoms with Gasteiger partial charge in [-0.25, -0.2) is 0 Å². The monoisotopic (exact) mass is 381 g/mol. The first kappa shape index (κ1) is 21.2. The van der Waals surface area contributed by atoms with Crippen molar-refractivity contribution >= 4 is 34.8 Å². The van der Waals surface area contributed by atoms with Crippen LogP contribution in [0.2, 0.25) is 0 Å². The Hall–Kier alpha value is -3.15. The second kappa shape index (κ2) is 8.69. The molecule has 0 aliphatic heterocycles. The van der Waals surface area contributed by atoms with Gasteiger partial charge in [-0.05, 0) is 47.4 Å². The Labute approximate surface area is 165 Å². The third-order valence-electron chi connectivity index (χ3n) is 4.22. The molecule has 0 spiro atoms. The third kappa shape index (κ3) is 5.94. The van der Waals surface area contributed by atoms with Crippen molar-refractivity contribution in [2.24, 2.45) is 0 Å². The van der Waals surface area contributed by atoms with E-state index in [1.807, 2.05) is 24.3 Å². The quantitative estimate of drug-likeness (QED) is 0.823. The number of hydrogen-bond donors (Lipinski definition) is 2. The minimum atomic E-state index is -0.287. The predicted octanol–water partition coefficient (Wildman–Crippen LogP) is 3.93. The van der Waals surface area contributed by atoms with Crippen molar-refractivity contribution in [3.8, 4) is 0 Å². The molecule has 0 atom stereocenters. The zero-order valence-electron chi connectivity index (χ0n) is 17.0. The van der Waals surface area contributed by atoms with E-state index in [0.717, 1.165) is 0 Å². The largest absolute Gasteiger partial charge is 0.326 e. The fourth-order valence-corrected chi connectivity index (χ4v) is 2.71. The maximum Gasteiger partial charge on any atom is 0.244 e. The van der Waals surface area contributed by atoms with E-state index in [4.69, 9.17) is 0 Å². The van der Waals surface area contributed by atoms with Crippen LogP contribution in [-0.4, -0.2) is 24.3 Å². The van der Waals surface area contributed by atoms with Gasteiger partial charge >= 0.3 is 0 Å². The molecule has 0 aliphatic carbocycles. The summed E-state index contributed by atoms with van der Waals surface area (Å²) in [5, 5.41) is 5.49. The van der Waals surface area contributed by atoms with Crippen molar-refractivity contribution in [3.05, 3.63) is 54.1 Å². The van der Waals surface area contributed by atoms with Crippen LogP contribution in [0.25, 0.3) is 0 Å². The molecule has 2 N–H and O–H groups in total. The number of amides is 3. The van der Waals surface area contributed by atoms with Crippen molar-refractivity contribution in [3.63, 3.8) is 0 Å². The van der Waals surface area contributed by atoms with Gasteiger partial charge in [-0.3, -0.25) is 14.4 Å².